The van der Waals surface area contributed by atoms with E-state index in [9.17, 15) is 9.59 Å². The molecule has 0 bridgehead atoms. The van der Waals surface area contributed by atoms with Crippen LogP contribution in [-0.2, 0) is 16.1 Å². The monoisotopic (exact) mass is 398 g/mol. The van der Waals surface area contributed by atoms with E-state index in [0.29, 0.717) is 31.7 Å². The summed E-state index contributed by atoms with van der Waals surface area (Å²) in [7, 11) is 3.17. The molecule has 0 aliphatic carbocycles. The summed E-state index contributed by atoms with van der Waals surface area (Å²) >= 11 is 0. The molecule has 0 radical (unpaired) electrons. The van der Waals surface area contributed by atoms with Crippen molar-refractivity contribution >= 4 is 11.8 Å². The zero-order valence-corrected chi connectivity index (χ0v) is 17.6. The Kier molecular flexibility index (Phi) is 8.52. The SMILES string of the molecule is CNC(=O)C(C)N(Cc1cccc(OC)c1)C(=O)CCCOc1ccc(C)cc1. The van der Waals surface area contributed by atoms with Crippen LogP contribution in [0, 0.1) is 6.92 Å². The minimum atomic E-state index is -0.572. The van der Waals surface area contributed by atoms with Crippen LogP contribution in [-0.4, -0.2) is 43.5 Å². The molecule has 29 heavy (non-hydrogen) atoms. The van der Waals surface area contributed by atoms with Crippen molar-refractivity contribution in [3.8, 4) is 11.5 Å². The van der Waals surface area contributed by atoms with Crippen LogP contribution in [0.3, 0.4) is 0 Å². The Labute approximate surface area is 172 Å². The molecule has 0 aliphatic heterocycles. The number of likely N-dealkylation sites (N-methyl/N-ethyl adjacent to an activating group) is 1. The number of nitrogens with zero attached hydrogens (tertiary/aromatic N) is 1. The summed E-state index contributed by atoms with van der Waals surface area (Å²) in [6, 6.07) is 14.7. The number of ether oxygens (including phenoxy) is 2. The largest absolute Gasteiger partial charge is 0.497 e. The lowest BCUT2D eigenvalue weighted by Gasteiger charge is -2.28. The molecule has 0 spiro atoms. The summed E-state index contributed by atoms with van der Waals surface area (Å²) < 4.78 is 11.0. The zero-order chi connectivity index (χ0) is 21.2. The van der Waals surface area contributed by atoms with Crippen molar-refractivity contribution in [1.29, 1.82) is 0 Å². The standard InChI is InChI=1S/C23H30N2O4/c1-17-10-12-20(13-11-17)29-14-6-9-22(26)25(18(2)23(27)24-3)16-19-7-5-8-21(15-19)28-4/h5,7-8,10-13,15,18H,6,9,14,16H2,1-4H3,(H,24,27). The van der Waals surface area contributed by atoms with Gasteiger partial charge in [-0.3, -0.25) is 9.59 Å². The van der Waals surface area contributed by atoms with Crippen LogP contribution in [0.1, 0.15) is 30.9 Å². The highest BCUT2D eigenvalue weighted by molar-refractivity contribution is 5.87. The minimum Gasteiger partial charge on any atom is -0.497 e. The van der Waals surface area contributed by atoms with Gasteiger partial charge in [-0.1, -0.05) is 29.8 Å². The topological polar surface area (TPSA) is 67.9 Å². The van der Waals surface area contributed by atoms with Gasteiger partial charge in [-0.05, 0) is 50.1 Å². The number of rotatable bonds is 10. The molecule has 2 amide bonds. The van der Waals surface area contributed by atoms with Gasteiger partial charge in [0.1, 0.15) is 17.5 Å². The lowest BCUT2D eigenvalue weighted by atomic mass is 10.1. The molecule has 0 heterocycles. The van der Waals surface area contributed by atoms with Gasteiger partial charge in [-0.25, -0.2) is 0 Å². The Morgan fingerprint density at radius 3 is 2.48 bits per heavy atom. The number of hydrogen-bond acceptors (Lipinski definition) is 4. The van der Waals surface area contributed by atoms with Gasteiger partial charge in [0.2, 0.25) is 11.8 Å². The van der Waals surface area contributed by atoms with Crippen LogP contribution in [0.15, 0.2) is 48.5 Å². The number of nitrogens with one attached hydrogen (secondary N) is 1. The van der Waals surface area contributed by atoms with E-state index in [1.807, 2.05) is 55.5 Å². The molecular formula is C23H30N2O4. The number of hydrogen-bond donors (Lipinski definition) is 1. The first-order chi connectivity index (χ1) is 13.9. The first kappa shape index (κ1) is 22.3. The van der Waals surface area contributed by atoms with Crippen molar-refractivity contribution in [2.45, 2.75) is 39.3 Å². The van der Waals surface area contributed by atoms with Crippen molar-refractivity contribution in [3.63, 3.8) is 0 Å². The molecule has 2 rings (SSSR count). The molecule has 156 valence electrons. The van der Waals surface area contributed by atoms with Gasteiger partial charge in [0.05, 0.1) is 13.7 Å². The summed E-state index contributed by atoms with van der Waals surface area (Å²) in [4.78, 5) is 26.6. The molecule has 1 unspecified atom stereocenters. The van der Waals surface area contributed by atoms with Crippen molar-refractivity contribution in [2.24, 2.45) is 0 Å². The number of aryl methyl sites for hydroxylation is 1. The van der Waals surface area contributed by atoms with E-state index in [-0.39, 0.29) is 11.8 Å². The lowest BCUT2D eigenvalue weighted by molar-refractivity contribution is -0.140. The van der Waals surface area contributed by atoms with E-state index < -0.39 is 6.04 Å². The normalized spacial score (nSPS) is 11.4. The molecule has 0 aliphatic rings. The molecule has 6 heteroatoms. The van der Waals surface area contributed by atoms with Gasteiger partial charge in [0, 0.05) is 20.0 Å². The van der Waals surface area contributed by atoms with Gasteiger partial charge in [-0.2, -0.15) is 0 Å². The molecule has 1 atom stereocenters. The number of methoxy groups -OCH3 is 1. The van der Waals surface area contributed by atoms with Gasteiger partial charge >= 0.3 is 0 Å². The first-order valence-electron chi connectivity index (χ1n) is 9.78. The van der Waals surface area contributed by atoms with Gasteiger partial charge in [0.15, 0.2) is 0 Å². The number of carbonyl (C=O) groups is 2. The predicted molar refractivity (Wildman–Crippen MR) is 113 cm³/mol. The maximum absolute atomic E-state index is 12.9. The number of amides is 2. The molecule has 2 aromatic rings. The fourth-order valence-electron chi connectivity index (χ4n) is 2.95. The highest BCUT2D eigenvalue weighted by atomic mass is 16.5. The third-order valence-electron chi connectivity index (χ3n) is 4.73. The quantitative estimate of drug-likeness (QED) is 0.624. The average molecular weight is 399 g/mol. The number of benzene rings is 2. The van der Waals surface area contributed by atoms with E-state index in [1.54, 1.807) is 26.0 Å². The molecule has 0 aromatic heterocycles. The third-order valence-corrected chi connectivity index (χ3v) is 4.73. The fourth-order valence-corrected chi connectivity index (χ4v) is 2.95. The Morgan fingerprint density at radius 1 is 1.10 bits per heavy atom. The van der Waals surface area contributed by atoms with Gasteiger partial charge in [0.25, 0.3) is 0 Å². The second-order valence-electron chi connectivity index (χ2n) is 6.93. The van der Waals surface area contributed by atoms with Crippen LogP contribution >= 0.6 is 0 Å². The Morgan fingerprint density at radius 2 is 1.83 bits per heavy atom. The molecule has 0 saturated carbocycles. The first-order valence-corrected chi connectivity index (χ1v) is 9.78. The molecule has 6 nitrogen and oxygen atoms in total. The predicted octanol–water partition coefficient (Wildman–Crippen LogP) is 3.33. The summed E-state index contributed by atoms with van der Waals surface area (Å²) in [6.45, 7) is 4.53. The minimum absolute atomic E-state index is 0.0866. The molecule has 1 N–H and O–H groups in total. The summed E-state index contributed by atoms with van der Waals surface area (Å²) in [6.07, 6.45) is 0.874. The van der Waals surface area contributed by atoms with Crippen molar-refractivity contribution in [3.05, 3.63) is 59.7 Å². The van der Waals surface area contributed by atoms with E-state index in [1.165, 1.54) is 5.56 Å². The van der Waals surface area contributed by atoms with Crippen LogP contribution in [0.25, 0.3) is 0 Å². The third kappa shape index (κ3) is 6.82. The summed E-state index contributed by atoms with van der Waals surface area (Å²) in [5.74, 6) is 1.22. The van der Waals surface area contributed by atoms with Crippen LogP contribution in [0.2, 0.25) is 0 Å². The fraction of sp³-hybridized carbons (Fsp3) is 0.391. The summed E-state index contributed by atoms with van der Waals surface area (Å²) in [5, 5.41) is 2.62. The highest BCUT2D eigenvalue weighted by Crippen LogP contribution is 2.17. The highest BCUT2D eigenvalue weighted by Gasteiger charge is 2.25. The van der Waals surface area contributed by atoms with E-state index in [4.69, 9.17) is 9.47 Å². The van der Waals surface area contributed by atoms with E-state index in [0.717, 1.165) is 11.3 Å². The van der Waals surface area contributed by atoms with Crippen molar-refractivity contribution < 1.29 is 19.1 Å². The van der Waals surface area contributed by atoms with Crippen LogP contribution in [0.5, 0.6) is 11.5 Å². The summed E-state index contributed by atoms with van der Waals surface area (Å²) in [5.41, 5.74) is 2.08. The molecular weight excluding hydrogens is 368 g/mol. The van der Waals surface area contributed by atoms with Crippen molar-refractivity contribution in [2.75, 3.05) is 20.8 Å². The van der Waals surface area contributed by atoms with Crippen molar-refractivity contribution in [1.82, 2.24) is 10.2 Å². The molecule has 0 fully saturated rings. The van der Waals surface area contributed by atoms with E-state index in [2.05, 4.69) is 5.32 Å². The average Bonchev–Trinajstić information content (AvgIpc) is 2.75. The maximum atomic E-state index is 12.9. The second kappa shape index (κ2) is 11.1. The van der Waals surface area contributed by atoms with Crippen LogP contribution < -0.4 is 14.8 Å². The Hall–Kier alpha value is -3.02. The smallest absolute Gasteiger partial charge is 0.242 e. The second-order valence-corrected chi connectivity index (χ2v) is 6.93. The zero-order valence-electron chi connectivity index (χ0n) is 17.6. The van der Waals surface area contributed by atoms with Gasteiger partial charge in [-0.15, -0.1) is 0 Å². The molecule has 0 saturated heterocycles. The molecule has 2 aromatic carbocycles. The van der Waals surface area contributed by atoms with Crippen LogP contribution in [0.4, 0.5) is 0 Å². The maximum Gasteiger partial charge on any atom is 0.242 e. The Balaban J connectivity index is 1.97. The Bertz CT molecular complexity index is 805. The van der Waals surface area contributed by atoms with E-state index >= 15 is 0 Å². The number of carbonyl (C=O) groups excluding carboxylic acids is 2. The van der Waals surface area contributed by atoms with Gasteiger partial charge < -0.3 is 19.7 Å². The lowest BCUT2D eigenvalue weighted by Crippen LogP contribution is -2.46.